The molecular weight excluding hydrogens is 178 g/mol. The van der Waals surface area contributed by atoms with Crippen molar-refractivity contribution in [3.05, 3.63) is 35.4 Å². The molecule has 1 N–H and O–H groups in total. The van der Waals surface area contributed by atoms with Crippen LogP contribution in [0.5, 0.6) is 0 Å². The molecule has 1 amide bonds. The summed E-state index contributed by atoms with van der Waals surface area (Å²) in [7, 11) is 1.55. The standard InChI is InChI=1S/C11H15NO2/c1-9-3-5-10(6-4-9)7-8-14-11(13)12-2/h3-6H,7-8H2,1-2H3,(H,12,13). The van der Waals surface area contributed by atoms with Crippen LogP contribution in [0.1, 0.15) is 11.1 Å². The molecule has 0 atom stereocenters. The van der Waals surface area contributed by atoms with Crippen LogP contribution in [-0.4, -0.2) is 19.7 Å². The predicted molar refractivity (Wildman–Crippen MR) is 55.3 cm³/mol. The Balaban J connectivity index is 2.31. The molecule has 0 aliphatic rings. The summed E-state index contributed by atoms with van der Waals surface area (Å²) in [6, 6.07) is 8.19. The van der Waals surface area contributed by atoms with E-state index in [0.29, 0.717) is 6.61 Å². The molecule has 0 fully saturated rings. The summed E-state index contributed by atoms with van der Waals surface area (Å²) in [5, 5.41) is 2.40. The molecule has 1 aromatic rings. The summed E-state index contributed by atoms with van der Waals surface area (Å²) in [5.41, 5.74) is 2.42. The topological polar surface area (TPSA) is 38.3 Å². The monoisotopic (exact) mass is 193 g/mol. The second-order valence-electron chi connectivity index (χ2n) is 3.12. The highest BCUT2D eigenvalue weighted by molar-refractivity contribution is 5.66. The first-order chi connectivity index (χ1) is 6.72. The second kappa shape index (κ2) is 5.27. The Kier molecular flexibility index (Phi) is 3.98. The van der Waals surface area contributed by atoms with Gasteiger partial charge in [0, 0.05) is 13.5 Å². The number of nitrogens with one attached hydrogen (secondary N) is 1. The molecule has 0 saturated heterocycles. The molecule has 0 aliphatic carbocycles. The van der Waals surface area contributed by atoms with Crippen LogP contribution in [0, 0.1) is 6.92 Å². The maximum atomic E-state index is 10.7. The van der Waals surface area contributed by atoms with Gasteiger partial charge >= 0.3 is 6.09 Å². The molecule has 1 aromatic carbocycles. The maximum absolute atomic E-state index is 10.7. The van der Waals surface area contributed by atoms with Crippen LogP contribution in [0.25, 0.3) is 0 Å². The number of carbonyl (C=O) groups is 1. The predicted octanol–water partition coefficient (Wildman–Crippen LogP) is 1.89. The number of rotatable bonds is 3. The van der Waals surface area contributed by atoms with Crippen molar-refractivity contribution >= 4 is 6.09 Å². The van der Waals surface area contributed by atoms with E-state index in [2.05, 4.69) is 17.4 Å². The third-order valence-electron chi connectivity index (χ3n) is 1.95. The van der Waals surface area contributed by atoms with Gasteiger partial charge in [-0.3, -0.25) is 0 Å². The lowest BCUT2D eigenvalue weighted by molar-refractivity contribution is 0.150. The number of alkyl carbamates (subject to hydrolysis) is 1. The molecule has 0 bridgehead atoms. The van der Waals surface area contributed by atoms with E-state index in [-0.39, 0.29) is 6.09 Å². The first-order valence-corrected chi connectivity index (χ1v) is 4.62. The quantitative estimate of drug-likeness (QED) is 0.796. The van der Waals surface area contributed by atoms with E-state index >= 15 is 0 Å². The van der Waals surface area contributed by atoms with Gasteiger partial charge < -0.3 is 10.1 Å². The molecule has 14 heavy (non-hydrogen) atoms. The van der Waals surface area contributed by atoms with Crippen molar-refractivity contribution in [2.75, 3.05) is 13.7 Å². The van der Waals surface area contributed by atoms with E-state index < -0.39 is 0 Å². The van der Waals surface area contributed by atoms with Crippen LogP contribution < -0.4 is 5.32 Å². The van der Waals surface area contributed by atoms with E-state index in [4.69, 9.17) is 4.74 Å². The van der Waals surface area contributed by atoms with Gasteiger partial charge in [-0.2, -0.15) is 0 Å². The highest BCUT2D eigenvalue weighted by Gasteiger charge is 1.97. The number of hydrogen-bond acceptors (Lipinski definition) is 2. The van der Waals surface area contributed by atoms with Crippen LogP contribution in [0.15, 0.2) is 24.3 Å². The fourth-order valence-electron chi connectivity index (χ4n) is 1.09. The van der Waals surface area contributed by atoms with Gasteiger partial charge in [0.05, 0.1) is 6.61 Å². The van der Waals surface area contributed by atoms with Gasteiger partial charge in [-0.1, -0.05) is 29.8 Å². The van der Waals surface area contributed by atoms with Crippen LogP contribution in [0.3, 0.4) is 0 Å². The number of ether oxygens (including phenoxy) is 1. The fraction of sp³-hybridized carbons (Fsp3) is 0.364. The molecule has 3 nitrogen and oxygen atoms in total. The van der Waals surface area contributed by atoms with Crippen molar-refractivity contribution in [1.82, 2.24) is 5.32 Å². The minimum absolute atomic E-state index is 0.378. The summed E-state index contributed by atoms with van der Waals surface area (Å²) in [6.07, 6.45) is 0.380. The van der Waals surface area contributed by atoms with Gasteiger partial charge in [0.25, 0.3) is 0 Å². The number of hydrogen-bond donors (Lipinski definition) is 1. The van der Waals surface area contributed by atoms with E-state index in [1.165, 1.54) is 11.1 Å². The Morgan fingerprint density at radius 1 is 1.36 bits per heavy atom. The van der Waals surface area contributed by atoms with Crippen molar-refractivity contribution in [2.24, 2.45) is 0 Å². The van der Waals surface area contributed by atoms with Crippen molar-refractivity contribution in [2.45, 2.75) is 13.3 Å². The Hall–Kier alpha value is -1.51. The number of benzene rings is 1. The average Bonchev–Trinajstić information content (AvgIpc) is 2.21. The van der Waals surface area contributed by atoms with Gasteiger partial charge in [-0.15, -0.1) is 0 Å². The second-order valence-corrected chi connectivity index (χ2v) is 3.12. The summed E-state index contributed by atoms with van der Waals surface area (Å²) < 4.78 is 4.88. The van der Waals surface area contributed by atoms with Gasteiger partial charge in [0.15, 0.2) is 0 Å². The molecule has 0 radical (unpaired) electrons. The Morgan fingerprint density at radius 3 is 2.57 bits per heavy atom. The highest BCUT2D eigenvalue weighted by atomic mass is 16.5. The zero-order chi connectivity index (χ0) is 10.4. The third kappa shape index (κ3) is 3.47. The number of amides is 1. The minimum Gasteiger partial charge on any atom is -0.449 e. The summed E-state index contributed by atoms with van der Waals surface area (Å²) in [5.74, 6) is 0. The SMILES string of the molecule is CNC(=O)OCCc1ccc(C)cc1. The first-order valence-electron chi connectivity index (χ1n) is 4.62. The van der Waals surface area contributed by atoms with Crippen molar-refractivity contribution < 1.29 is 9.53 Å². The minimum atomic E-state index is -0.378. The van der Waals surface area contributed by atoms with E-state index in [1.54, 1.807) is 7.05 Å². The Morgan fingerprint density at radius 2 is 2.00 bits per heavy atom. The Labute approximate surface area is 84.1 Å². The van der Waals surface area contributed by atoms with Gasteiger partial charge in [-0.05, 0) is 12.5 Å². The van der Waals surface area contributed by atoms with E-state index in [9.17, 15) is 4.79 Å². The van der Waals surface area contributed by atoms with Crippen molar-refractivity contribution in [3.63, 3.8) is 0 Å². The van der Waals surface area contributed by atoms with Gasteiger partial charge in [0.2, 0.25) is 0 Å². The van der Waals surface area contributed by atoms with Crippen LogP contribution in [0.4, 0.5) is 4.79 Å². The molecule has 1 rings (SSSR count). The molecule has 0 heterocycles. The van der Waals surface area contributed by atoms with Gasteiger partial charge in [0.1, 0.15) is 0 Å². The fourth-order valence-corrected chi connectivity index (χ4v) is 1.09. The summed E-state index contributed by atoms with van der Waals surface area (Å²) >= 11 is 0. The van der Waals surface area contributed by atoms with Crippen LogP contribution >= 0.6 is 0 Å². The van der Waals surface area contributed by atoms with Crippen LogP contribution in [-0.2, 0) is 11.2 Å². The zero-order valence-corrected chi connectivity index (χ0v) is 8.54. The third-order valence-corrected chi connectivity index (χ3v) is 1.95. The van der Waals surface area contributed by atoms with Crippen molar-refractivity contribution in [3.8, 4) is 0 Å². The highest BCUT2D eigenvalue weighted by Crippen LogP contribution is 2.03. The summed E-state index contributed by atoms with van der Waals surface area (Å²) in [4.78, 5) is 10.7. The first kappa shape index (κ1) is 10.6. The largest absolute Gasteiger partial charge is 0.449 e. The molecule has 0 unspecified atom stereocenters. The lowest BCUT2D eigenvalue weighted by atomic mass is 10.1. The molecule has 76 valence electrons. The lowest BCUT2D eigenvalue weighted by Crippen LogP contribution is -2.20. The number of aryl methyl sites for hydroxylation is 1. The van der Waals surface area contributed by atoms with Gasteiger partial charge in [-0.25, -0.2) is 4.79 Å². The van der Waals surface area contributed by atoms with Crippen LogP contribution in [0.2, 0.25) is 0 Å². The molecule has 0 saturated carbocycles. The molecular formula is C11H15NO2. The van der Waals surface area contributed by atoms with E-state index in [0.717, 1.165) is 6.42 Å². The molecule has 0 aliphatic heterocycles. The normalized spacial score (nSPS) is 9.57. The lowest BCUT2D eigenvalue weighted by Gasteiger charge is -2.03. The smallest absolute Gasteiger partial charge is 0.406 e. The molecule has 0 aromatic heterocycles. The molecule has 0 spiro atoms. The zero-order valence-electron chi connectivity index (χ0n) is 8.54. The van der Waals surface area contributed by atoms with E-state index in [1.807, 2.05) is 19.1 Å². The molecule has 3 heteroatoms. The van der Waals surface area contributed by atoms with Crippen molar-refractivity contribution in [1.29, 1.82) is 0 Å². The maximum Gasteiger partial charge on any atom is 0.406 e. The summed E-state index contributed by atoms with van der Waals surface area (Å²) in [6.45, 7) is 2.47. The number of carbonyl (C=O) groups excluding carboxylic acids is 1. The Bertz CT molecular complexity index is 293. The average molecular weight is 193 g/mol.